The molecule has 0 radical (unpaired) electrons. The Labute approximate surface area is 159 Å². The third kappa shape index (κ3) is 3.61. The third-order valence-electron chi connectivity index (χ3n) is 4.20. The van der Waals surface area contributed by atoms with Crippen molar-refractivity contribution in [1.82, 2.24) is 4.57 Å². The van der Waals surface area contributed by atoms with E-state index in [4.69, 9.17) is 12.2 Å². The molecule has 6 nitrogen and oxygen atoms in total. The van der Waals surface area contributed by atoms with Gasteiger partial charge in [0.2, 0.25) is 5.88 Å². The molecule has 0 fully saturated rings. The molecule has 1 aromatic heterocycles. The average Bonchev–Trinajstić information content (AvgIpc) is 3.10. The van der Waals surface area contributed by atoms with Crippen LogP contribution in [0.5, 0.6) is 5.88 Å². The number of esters is 1. The maximum atomic E-state index is 12.3. The Kier molecular flexibility index (Phi) is 5.63. The molecule has 1 aliphatic heterocycles. The fourth-order valence-corrected chi connectivity index (χ4v) is 4.25. The molecule has 0 unspecified atom stereocenters. The summed E-state index contributed by atoms with van der Waals surface area (Å²) in [6.07, 6.45) is 2.68. The zero-order valence-corrected chi connectivity index (χ0v) is 15.9. The number of nitrogens with zero attached hydrogens (tertiary/aromatic N) is 2. The molecular formula is C18H18N2O4S2. The van der Waals surface area contributed by atoms with Gasteiger partial charge < -0.3 is 9.84 Å². The summed E-state index contributed by atoms with van der Waals surface area (Å²) in [5.74, 6) is -0.577. The van der Waals surface area contributed by atoms with E-state index in [1.807, 2.05) is 18.2 Å². The molecule has 2 aromatic rings. The summed E-state index contributed by atoms with van der Waals surface area (Å²) in [6, 6.07) is 7.24. The molecule has 136 valence electrons. The molecule has 26 heavy (non-hydrogen) atoms. The molecule has 0 bridgehead atoms. The molecule has 0 atom stereocenters. The van der Waals surface area contributed by atoms with Crippen LogP contribution < -0.4 is 10.6 Å². The molecule has 1 aliphatic rings. The van der Waals surface area contributed by atoms with E-state index in [9.17, 15) is 14.7 Å². The SMILES string of the molecule is COC(=O)CCCCCn1c(O)c(C2=c3ccccc3=NC2=O)sc1=S. The van der Waals surface area contributed by atoms with Crippen molar-refractivity contribution in [3.05, 3.63) is 43.7 Å². The molecule has 1 amide bonds. The van der Waals surface area contributed by atoms with Gasteiger partial charge >= 0.3 is 5.97 Å². The lowest BCUT2D eigenvalue weighted by Crippen LogP contribution is -2.22. The summed E-state index contributed by atoms with van der Waals surface area (Å²) < 4.78 is 6.75. The lowest BCUT2D eigenvalue weighted by molar-refractivity contribution is -0.140. The molecule has 2 heterocycles. The van der Waals surface area contributed by atoms with Crippen molar-refractivity contribution in [2.75, 3.05) is 7.11 Å². The number of fused-ring (bicyclic) bond motifs is 1. The Hall–Kier alpha value is -2.32. The number of aromatic hydroxyl groups is 1. The number of amides is 1. The highest BCUT2D eigenvalue weighted by Crippen LogP contribution is 2.32. The van der Waals surface area contributed by atoms with Gasteiger partial charge in [-0.3, -0.25) is 14.2 Å². The zero-order chi connectivity index (χ0) is 18.7. The van der Waals surface area contributed by atoms with Crippen molar-refractivity contribution in [3.63, 3.8) is 0 Å². The second kappa shape index (κ2) is 7.92. The number of thiazole rings is 1. The minimum absolute atomic E-state index is 0.00298. The lowest BCUT2D eigenvalue weighted by atomic mass is 10.1. The number of aromatic nitrogens is 1. The zero-order valence-electron chi connectivity index (χ0n) is 14.2. The standard InChI is InChI=1S/C18H18N2O4S2/c1-24-13(21)9-3-2-6-10-20-17(23)15(26-18(20)25)14-11-7-4-5-8-12(11)19-16(14)22/h4-5,7-8,23H,2-3,6,9-10H2,1H3. The highest BCUT2D eigenvalue weighted by atomic mass is 32.1. The topological polar surface area (TPSA) is 80.9 Å². The van der Waals surface area contributed by atoms with E-state index in [2.05, 4.69) is 9.73 Å². The van der Waals surface area contributed by atoms with E-state index in [1.165, 1.54) is 18.4 Å². The van der Waals surface area contributed by atoms with Crippen molar-refractivity contribution in [2.24, 2.45) is 4.99 Å². The largest absolute Gasteiger partial charge is 0.493 e. The number of rotatable bonds is 7. The van der Waals surface area contributed by atoms with Gasteiger partial charge in [-0.05, 0) is 31.1 Å². The summed E-state index contributed by atoms with van der Waals surface area (Å²) >= 11 is 6.58. The summed E-state index contributed by atoms with van der Waals surface area (Å²) in [7, 11) is 1.37. The van der Waals surface area contributed by atoms with Crippen molar-refractivity contribution in [1.29, 1.82) is 0 Å². The van der Waals surface area contributed by atoms with Crippen molar-refractivity contribution in [2.45, 2.75) is 32.2 Å². The molecular weight excluding hydrogens is 372 g/mol. The van der Waals surface area contributed by atoms with Crippen LogP contribution in [0.4, 0.5) is 0 Å². The van der Waals surface area contributed by atoms with Gasteiger partial charge in [-0.15, -0.1) is 11.3 Å². The van der Waals surface area contributed by atoms with Crippen molar-refractivity contribution in [3.8, 4) is 5.88 Å². The number of methoxy groups -OCH3 is 1. The Balaban J connectivity index is 1.80. The molecule has 0 spiro atoms. The van der Waals surface area contributed by atoms with Crippen LogP contribution >= 0.6 is 23.6 Å². The van der Waals surface area contributed by atoms with Gasteiger partial charge in [0.15, 0.2) is 3.95 Å². The summed E-state index contributed by atoms with van der Waals surface area (Å²) in [4.78, 5) is 27.9. The summed E-state index contributed by atoms with van der Waals surface area (Å²) in [5, 5.41) is 11.9. The van der Waals surface area contributed by atoms with Crippen LogP contribution in [0.1, 0.15) is 30.6 Å². The first-order valence-corrected chi connectivity index (χ1v) is 9.47. The van der Waals surface area contributed by atoms with Crippen LogP contribution in [-0.2, 0) is 20.9 Å². The first kappa shape index (κ1) is 18.5. The molecule has 3 rings (SSSR count). The number of hydrogen-bond acceptors (Lipinski definition) is 6. The number of para-hydroxylation sites is 1. The van der Waals surface area contributed by atoms with Crippen molar-refractivity contribution >= 4 is 41.0 Å². The average molecular weight is 390 g/mol. The fraction of sp³-hybridized carbons (Fsp3) is 0.333. The van der Waals surface area contributed by atoms with Gasteiger partial charge in [0, 0.05) is 18.2 Å². The van der Waals surface area contributed by atoms with Gasteiger partial charge in [-0.2, -0.15) is 0 Å². The predicted molar refractivity (Wildman–Crippen MR) is 100 cm³/mol. The van der Waals surface area contributed by atoms with E-state index < -0.39 is 0 Å². The number of carbonyl (C=O) groups is 2. The van der Waals surface area contributed by atoms with Crippen LogP contribution in [0.15, 0.2) is 29.3 Å². The van der Waals surface area contributed by atoms with Crippen LogP contribution in [-0.4, -0.2) is 28.7 Å². The number of benzene rings is 1. The molecule has 1 aromatic carbocycles. The minimum atomic E-state index is -0.358. The van der Waals surface area contributed by atoms with E-state index >= 15 is 0 Å². The molecule has 0 aliphatic carbocycles. The Morgan fingerprint density at radius 3 is 2.85 bits per heavy atom. The number of ether oxygens (including phenoxy) is 1. The highest BCUT2D eigenvalue weighted by molar-refractivity contribution is 7.73. The van der Waals surface area contributed by atoms with Crippen LogP contribution in [0.25, 0.3) is 5.57 Å². The lowest BCUT2D eigenvalue weighted by Gasteiger charge is -2.05. The third-order valence-corrected chi connectivity index (χ3v) is 5.65. The molecule has 0 saturated carbocycles. The normalized spacial score (nSPS) is 12.8. The second-order valence-corrected chi connectivity index (χ2v) is 7.51. The molecule has 1 N–H and O–H groups in total. The first-order valence-electron chi connectivity index (χ1n) is 8.25. The smallest absolute Gasteiger partial charge is 0.305 e. The summed E-state index contributed by atoms with van der Waals surface area (Å²) in [6.45, 7) is 0.530. The van der Waals surface area contributed by atoms with E-state index in [0.717, 1.165) is 19.3 Å². The second-order valence-electron chi connectivity index (χ2n) is 5.87. The summed E-state index contributed by atoms with van der Waals surface area (Å²) in [5.41, 5.74) is 0.402. The highest BCUT2D eigenvalue weighted by Gasteiger charge is 2.24. The maximum Gasteiger partial charge on any atom is 0.305 e. The van der Waals surface area contributed by atoms with Crippen LogP contribution in [0, 0.1) is 3.95 Å². The van der Waals surface area contributed by atoms with Crippen LogP contribution in [0.3, 0.4) is 0 Å². The Morgan fingerprint density at radius 2 is 2.08 bits per heavy atom. The first-order chi connectivity index (χ1) is 12.5. The van der Waals surface area contributed by atoms with E-state index in [-0.39, 0.29) is 17.8 Å². The Bertz CT molecular complexity index is 1040. The van der Waals surface area contributed by atoms with Gasteiger partial charge in [0.25, 0.3) is 5.91 Å². The maximum absolute atomic E-state index is 12.3. The van der Waals surface area contributed by atoms with Gasteiger partial charge in [0.05, 0.1) is 18.0 Å². The van der Waals surface area contributed by atoms with Gasteiger partial charge in [-0.1, -0.05) is 24.6 Å². The number of unbranched alkanes of at least 4 members (excludes halogenated alkanes) is 2. The minimum Gasteiger partial charge on any atom is -0.493 e. The van der Waals surface area contributed by atoms with Gasteiger partial charge in [-0.25, -0.2) is 4.99 Å². The van der Waals surface area contributed by atoms with E-state index in [0.29, 0.717) is 37.9 Å². The fourth-order valence-electron chi connectivity index (χ4n) is 2.86. The van der Waals surface area contributed by atoms with Crippen LogP contribution in [0.2, 0.25) is 0 Å². The monoisotopic (exact) mass is 390 g/mol. The number of carbonyl (C=O) groups excluding carboxylic acids is 2. The predicted octanol–water partition coefficient (Wildman–Crippen LogP) is 2.08. The Morgan fingerprint density at radius 1 is 1.31 bits per heavy atom. The van der Waals surface area contributed by atoms with E-state index in [1.54, 1.807) is 10.6 Å². The quantitative estimate of drug-likeness (QED) is 0.445. The molecule has 0 saturated heterocycles. The van der Waals surface area contributed by atoms with Gasteiger partial charge in [0.1, 0.15) is 4.88 Å². The number of hydrogen-bond donors (Lipinski definition) is 1. The van der Waals surface area contributed by atoms with Crippen molar-refractivity contribution < 1.29 is 19.4 Å². The molecule has 8 heteroatoms.